The molecule has 1 heterocycles. The molecule has 2 atom stereocenters. The van der Waals surface area contributed by atoms with Crippen molar-refractivity contribution in [2.75, 3.05) is 13.1 Å². The summed E-state index contributed by atoms with van der Waals surface area (Å²) in [4.78, 5) is 35.5. The molecule has 1 amide bonds. The lowest BCUT2D eigenvalue weighted by molar-refractivity contribution is -0.142. The Kier molecular flexibility index (Phi) is 3.74. The van der Waals surface area contributed by atoms with E-state index in [1.54, 1.807) is 6.92 Å². The summed E-state index contributed by atoms with van der Waals surface area (Å²) in [7, 11) is 0. The minimum absolute atomic E-state index is 0.0882. The summed E-state index contributed by atoms with van der Waals surface area (Å²) in [5.41, 5.74) is 0.480. The molecule has 2 N–H and O–H groups in total. The summed E-state index contributed by atoms with van der Waals surface area (Å²) in [5.74, 6) is -2.84. The Bertz CT molecular complexity index is 551. The first-order valence-corrected chi connectivity index (χ1v) is 6.25. The van der Waals surface area contributed by atoms with E-state index in [4.69, 9.17) is 10.2 Å². The summed E-state index contributed by atoms with van der Waals surface area (Å²) in [6.07, 6.45) is 0. The maximum absolute atomic E-state index is 12.2. The molecule has 0 aliphatic carbocycles. The van der Waals surface area contributed by atoms with Crippen LogP contribution in [0.15, 0.2) is 24.3 Å². The molecular formula is C14H15NO5. The van der Waals surface area contributed by atoms with E-state index < -0.39 is 17.9 Å². The summed E-state index contributed by atoms with van der Waals surface area (Å²) in [6, 6.07) is 5.63. The van der Waals surface area contributed by atoms with Gasteiger partial charge in [0.15, 0.2) is 0 Å². The Balaban J connectivity index is 2.12. The first-order chi connectivity index (χ1) is 9.40. The fourth-order valence-electron chi connectivity index (χ4n) is 2.39. The molecule has 1 saturated heterocycles. The average molecular weight is 277 g/mol. The predicted molar refractivity (Wildman–Crippen MR) is 69.6 cm³/mol. The third-order valence-corrected chi connectivity index (χ3v) is 3.60. The Labute approximate surface area is 115 Å². The number of carbonyl (C=O) groups excluding carboxylic acids is 1. The first-order valence-electron chi connectivity index (χ1n) is 6.25. The maximum Gasteiger partial charge on any atom is 0.335 e. The SMILES string of the molecule is C[C@@H]1CN(C(=O)c2ccc(C(=O)O)cc2)C[C@H]1C(=O)O. The highest BCUT2D eigenvalue weighted by molar-refractivity contribution is 5.96. The van der Waals surface area contributed by atoms with Gasteiger partial charge in [0.2, 0.25) is 0 Å². The minimum Gasteiger partial charge on any atom is -0.481 e. The van der Waals surface area contributed by atoms with Crippen LogP contribution in [-0.2, 0) is 4.79 Å². The zero-order chi connectivity index (χ0) is 14.9. The van der Waals surface area contributed by atoms with Crippen LogP contribution >= 0.6 is 0 Å². The number of carboxylic acids is 2. The number of amides is 1. The predicted octanol–water partition coefficient (Wildman–Crippen LogP) is 1.18. The van der Waals surface area contributed by atoms with Gasteiger partial charge in [-0.3, -0.25) is 9.59 Å². The van der Waals surface area contributed by atoms with Crippen LogP contribution in [0, 0.1) is 11.8 Å². The number of hydrogen-bond acceptors (Lipinski definition) is 3. The number of hydrogen-bond donors (Lipinski definition) is 2. The Morgan fingerprint density at radius 1 is 1.05 bits per heavy atom. The normalized spacial score (nSPS) is 21.8. The van der Waals surface area contributed by atoms with Crippen molar-refractivity contribution in [1.29, 1.82) is 0 Å². The number of carbonyl (C=O) groups is 3. The molecule has 0 bridgehead atoms. The summed E-state index contributed by atoms with van der Waals surface area (Å²) in [6.45, 7) is 2.39. The molecule has 0 unspecified atom stereocenters. The second-order valence-corrected chi connectivity index (χ2v) is 5.01. The average Bonchev–Trinajstić information content (AvgIpc) is 2.80. The number of nitrogens with zero attached hydrogens (tertiary/aromatic N) is 1. The van der Waals surface area contributed by atoms with E-state index in [2.05, 4.69) is 0 Å². The van der Waals surface area contributed by atoms with Crippen molar-refractivity contribution in [3.05, 3.63) is 35.4 Å². The summed E-state index contributed by atoms with van der Waals surface area (Å²) >= 11 is 0. The van der Waals surface area contributed by atoms with Crippen LogP contribution < -0.4 is 0 Å². The van der Waals surface area contributed by atoms with Gasteiger partial charge in [-0.05, 0) is 30.2 Å². The standard InChI is InChI=1S/C14H15NO5/c1-8-6-15(7-11(8)14(19)20)12(16)9-2-4-10(5-3-9)13(17)18/h2-5,8,11H,6-7H2,1H3,(H,17,18)(H,19,20)/t8-,11-/m1/s1. The van der Waals surface area contributed by atoms with E-state index in [1.165, 1.54) is 29.2 Å². The molecule has 1 aliphatic rings. The summed E-state index contributed by atoms with van der Waals surface area (Å²) in [5, 5.41) is 17.8. The second kappa shape index (κ2) is 5.32. The van der Waals surface area contributed by atoms with Gasteiger partial charge in [0.25, 0.3) is 5.91 Å². The third kappa shape index (κ3) is 2.64. The fraction of sp³-hybridized carbons (Fsp3) is 0.357. The van der Waals surface area contributed by atoms with E-state index in [0.717, 1.165) is 0 Å². The molecule has 0 radical (unpaired) electrons. The van der Waals surface area contributed by atoms with Crippen LogP contribution in [0.3, 0.4) is 0 Å². The van der Waals surface area contributed by atoms with Crippen LogP contribution in [0.2, 0.25) is 0 Å². The molecule has 106 valence electrons. The summed E-state index contributed by atoms with van der Waals surface area (Å²) < 4.78 is 0. The Morgan fingerprint density at radius 3 is 2.05 bits per heavy atom. The van der Waals surface area contributed by atoms with Gasteiger partial charge in [-0.15, -0.1) is 0 Å². The number of aromatic carboxylic acids is 1. The monoisotopic (exact) mass is 277 g/mol. The molecule has 1 fully saturated rings. The van der Waals surface area contributed by atoms with Crippen molar-refractivity contribution in [1.82, 2.24) is 4.90 Å². The van der Waals surface area contributed by atoms with E-state index in [-0.39, 0.29) is 23.9 Å². The molecule has 1 aromatic carbocycles. The van der Waals surface area contributed by atoms with Crippen LogP contribution in [0.1, 0.15) is 27.6 Å². The molecule has 1 aromatic rings. The van der Waals surface area contributed by atoms with Gasteiger partial charge in [0, 0.05) is 18.7 Å². The van der Waals surface area contributed by atoms with Gasteiger partial charge in [0.05, 0.1) is 11.5 Å². The number of aliphatic carboxylic acids is 1. The van der Waals surface area contributed by atoms with E-state index >= 15 is 0 Å². The highest BCUT2D eigenvalue weighted by Crippen LogP contribution is 2.24. The zero-order valence-electron chi connectivity index (χ0n) is 10.9. The number of rotatable bonds is 3. The highest BCUT2D eigenvalue weighted by atomic mass is 16.4. The largest absolute Gasteiger partial charge is 0.481 e. The molecule has 6 nitrogen and oxygen atoms in total. The molecule has 0 saturated carbocycles. The van der Waals surface area contributed by atoms with Gasteiger partial charge >= 0.3 is 11.9 Å². The zero-order valence-corrected chi connectivity index (χ0v) is 10.9. The van der Waals surface area contributed by atoms with E-state index in [0.29, 0.717) is 12.1 Å². The quantitative estimate of drug-likeness (QED) is 0.865. The van der Waals surface area contributed by atoms with Gasteiger partial charge in [0.1, 0.15) is 0 Å². The molecular weight excluding hydrogens is 262 g/mol. The number of likely N-dealkylation sites (tertiary alicyclic amines) is 1. The lowest BCUT2D eigenvalue weighted by atomic mass is 9.99. The smallest absolute Gasteiger partial charge is 0.335 e. The van der Waals surface area contributed by atoms with Crippen LogP contribution in [0.5, 0.6) is 0 Å². The van der Waals surface area contributed by atoms with Crippen LogP contribution in [0.25, 0.3) is 0 Å². The second-order valence-electron chi connectivity index (χ2n) is 5.01. The van der Waals surface area contributed by atoms with Crippen LogP contribution in [0.4, 0.5) is 0 Å². The van der Waals surface area contributed by atoms with Crippen molar-refractivity contribution in [2.45, 2.75) is 6.92 Å². The topological polar surface area (TPSA) is 94.9 Å². The lowest BCUT2D eigenvalue weighted by Crippen LogP contribution is -2.29. The van der Waals surface area contributed by atoms with Crippen molar-refractivity contribution in [2.24, 2.45) is 11.8 Å². The third-order valence-electron chi connectivity index (χ3n) is 3.60. The lowest BCUT2D eigenvalue weighted by Gasteiger charge is -2.15. The van der Waals surface area contributed by atoms with E-state index in [9.17, 15) is 14.4 Å². The van der Waals surface area contributed by atoms with E-state index in [1.807, 2.05) is 0 Å². The number of carboxylic acid groups (broad SMARTS) is 2. The van der Waals surface area contributed by atoms with Crippen molar-refractivity contribution in [3.63, 3.8) is 0 Å². The van der Waals surface area contributed by atoms with Crippen molar-refractivity contribution < 1.29 is 24.6 Å². The Hall–Kier alpha value is -2.37. The van der Waals surface area contributed by atoms with Crippen LogP contribution in [-0.4, -0.2) is 46.0 Å². The van der Waals surface area contributed by atoms with Gasteiger partial charge in [-0.1, -0.05) is 6.92 Å². The highest BCUT2D eigenvalue weighted by Gasteiger charge is 2.37. The van der Waals surface area contributed by atoms with Gasteiger partial charge in [-0.2, -0.15) is 0 Å². The van der Waals surface area contributed by atoms with Crippen molar-refractivity contribution >= 4 is 17.8 Å². The van der Waals surface area contributed by atoms with Gasteiger partial charge in [-0.25, -0.2) is 4.79 Å². The molecule has 1 aliphatic heterocycles. The molecule has 0 spiro atoms. The Morgan fingerprint density at radius 2 is 1.60 bits per heavy atom. The fourth-order valence-corrected chi connectivity index (χ4v) is 2.39. The first kappa shape index (κ1) is 14.0. The molecule has 6 heteroatoms. The molecule has 20 heavy (non-hydrogen) atoms. The number of benzene rings is 1. The molecule has 0 aromatic heterocycles. The minimum atomic E-state index is -1.05. The van der Waals surface area contributed by atoms with Gasteiger partial charge < -0.3 is 15.1 Å². The maximum atomic E-state index is 12.2. The van der Waals surface area contributed by atoms with Crippen molar-refractivity contribution in [3.8, 4) is 0 Å². The molecule has 2 rings (SSSR count).